The molecule has 0 bridgehead atoms. The van der Waals surface area contributed by atoms with Crippen LogP contribution >= 0.6 is 0 Å². The van der Waals surface area contributed by atoms with Crippen molar-refractivity contribution in [3.63, 3.8) is 0 Å². The van der Waals surface area contributed by atoms with Gasteiger partial charge in [0.2, 0.25) is 15.9 Å². The Kier molecular flexibility index (Phi) is 9.42. The van der Waals surface area contributed by atoms with Gasteiger partial charge in [-0.3, -0.25) is 9.78 Å². The fourth-order valence-corrected chi connectivity index (χ4v) is 6.87. The number of carbonyl (C=O) groups excluding carboxylic acids is 1. The number of pyridine rings is 1. The molecule has 0 saturated heterocycles. The largest absolute Gasteiger partial charge is 0.489 e. The van der Waals surface area contributed by atoms with E-state index < -0.39 is 22.2 Å². The molecule has 1 fully saturated rings. The zero-order valence-electron chi connectivity index (χ0n) is 22.1. The summed E-state index contributed by atoms with van der Waals surface area (Å²) in [5.41, 5.74) is 1.35. The average molecular weight is 540 g/mol. The molecule has 1 saturated carbocycles. The maximum absolute atomic E-state index is 13.6. The second-order valence-electron chi connectivity index (χ2n) is 10.3. The highest BCUT2D eigenvalue weighted by Crippen LogP contribution is 2.35. The molecule has 1 aromatic carbocycles. The van der Waals surface area contributed by atoms with Crippen molar-refractivity contribution in [1.82, 2.24) is 14.6 Å². The lowest BCUT2D eigenvalue weighted by Gasteiger charge is -2.36. The summed E-state index contributed by atoms with van der Waals surface area (Å²) in [5, 5.41) is 13.0. The zero-order valence-corrected chi connectivity index (χ0v) is 22.9. The van der Waals surface area contributed by atoms with E-state index in [0.717, 1.165) is 31.2 Å². The summed E-state index contributed by atoms with van der Waals surface area (Å²) < 4.78 is 35.0. The van der Waals surface area contributed by atoms with Gasteiger partial charge < -0.3 is 15.2 Å². The number of aromatic nitrogens is 1. The van der Waals surface area contributed by atoms with E-state index in [0.29, 0.717) is 18.4 Å². The van der Waals surface area contributed by atoms with Gasteiger partial charge in [-0.15, -0.1) is 0 Å². The minimum atomic E-state index is -3.93. The van der Waals surface area contributed by atoms with Crippen molar-refractivity contribution in [1.29, 1.82) is 0 Å². The van der Waals surface area contributed by atoms with Gasteiger partial charge in [0.25, 0.3) is 0 Å². The van der Waals surface area contributed by atoms with E-state index in [4.69, 9.17) is 4.74 Å². The molecule has 1 amide bonds. The predicted molar refractivity (Wildman–Crippen MR) is 145 cm³/mol. The summed E-state index contributed by atoms with van der Waals surface area (Å²) >= 11 is 0. The molecule has 2 aliphatic rings. The van der Waals surface area contributed by atoms with Gasteiger partial charge in [0.05, 0.1) is 6.61 Å². The summed E-state index contributed by atoms with van der Waals surface area (Å²) in [4.78, 5) is 16.8. The SMILES string of the molecule is C[C@@H]1CN([C@@H](C)CO)S(=O)(=O)c2ccc(C#Cc3cccnc3)cc2O[C@H]1CCC(=O)NC1CCCCC1. The predicted octanol–water partition coefficient (Wildman–Crippen LogP) is 3.48. The third kappa shape index (κ3) is 6.93. The lowest BCUT2D eigenvalue weighted by Crippen LogP contribution is -2.47. The molecule has 204 valence electrons. The van der Waals surface area contributed by atoms with E-state index >= 15 is 0 Å². The number of rotatable bonds is 6. The van der Waals surface area contributed by atoms with Gasteiger partial charge in [-0.1, -0.05) is 38.0 Å². The second-order valence-corrected chi connectivity index (χ2v) is 12.2. The number of fused-ring (bicyclic) bond motifs is 1. The molecule has 2 N–H and O–H groups in total. The van der Waals surface area contributed by atoms with Crippen LogP contribution in [0.2, 0.25) is 0 Å². The maximum atomic E-state index is 13.6. The van der Waals surface area contributed by atoms with E-state index in [9.17, 15) is 18.3 Å². The molecule has 1 aliphatic heterocycles. The van der Waals surface area contributed by atoms with Crippen molar-refractivity contribution in [2.45, 2.75) is 81.9 Å². The first-order valence-electron chi connectivity index (χ1n) is 13.4. The molecule has 2 aromatic rings. The number of aliphatic hydroxyl groups excluding tert-OH is 1. The first-order chi connectivity index (χ1) is 18.3. The minimum Gasteiger partial charge on any atom is -0.489 e. The van der Waals surface area contributed by atoms with Crippen LogP contribution in [0.1, 0.15) is 69.9 Å². The van der Waals surface area contributed by atoms with Gasteiger partial charge in [-0.05, 0) is 56.5 Å². The molecule has 1 aromatic heterocycles. The van der Waals surface area contributed by atoms with Gasteiger partial charge in [0, 0.05) is 54.5 Å². The van der Waals surface area contributed by atoms with Gasteiger partial charge in [-0.2, -0.15) is 4.31 Å². The molecule has 1 aliphatic carbocycles. The van der Waals surface area contributed by atoms with Crippen LogP contribution in [0.5, 0.6) is 5.75 Å². The highest BCUT2D eigenvalue weighted by molar-refractivity contribution is 7.89. The van der Waals surface area contributed by atoms with E-state index in [1.807, 2.05) is 13.0 Å². The van der Waals surface area contributed by atoms with E-state index in [1.165, 1.54) is 16.8 Å². The molecule has 38 heavy (non-hydrogen) atoms. The molecule has 8 nitrogen and oxygen atoms in total. The van der Waals surface area contributed by atoms with E-state index in [1.54, 1.807) is 37.5 Å². The minimum absolute atomic E-state index is 0.000672. The van der Waals surface area contributed by atoms with E-state index in [2.05, 4.69) is 22.1 Å². The van der Waals surface area contributed by atoms with Crippen molar-refractivity contribution in [2.24, 2.45) is 5.92 Å². The first-order valence-corrected chi connectivity index (χ1v) is 14.9. The quantitative estimate of drug-likeness (QED) is 0.544. The summed E-state index contributed by atoms with van der Waals surface area (Å²) in [7, 11) is -3.93. The lowest BCUT2D eigenvalue weighted by atomic mass is 9.95. The van der Waals surface area contributed by atoms with Crippen LogP contribution in [0.4, 0.5) is 0 Å². The Morgan fingerprint density at radius 1 is 1.21 bits per heavy atom. The average Bonchev–Trinajstić information content (AvgIpc) is 2.92. The standard InChI is InChI=1S/C29H37N3O5S/c1-21-19-32(22(2)20-33)38(35,36)28-14-12-23(10-11-24-7-6-16-30-18-24)17-27(28)37-26(21)13-15-29(34)31-25-8-4-3-5-9-25/h6-7,12,14,16-18,21-22,25-26,33H,3-5,8-9,13,15,19-20H2,1-2H3,(H,31,34)/t21-,22+,26+/m1/s1. The Hall–Kier alpha value is -2.93. The topological polar surface area (TPSA) is 109 Å². The number of amides is 1. The van der Waals surface area contributed by atoms with Crippen LogP contribution in [0.25, 0.3) is 0 Å². The lowest BCUT2D eigenvalue weighted by molar-refractivity contribution is -0.122. The first kappa shape index (κ1) is 28.1. The van der Waals surface area contributed by atoms with Crippen molar-refractivity contribution in [2.75, 3.05) is 13.2 Å². The molecule has 0 radical (unpaired) electrons. The number of benzene rings is 1. The van der Waals surface area contributed by atoms with Crippen molar-refractivity contribution < 1.29 is 23.1 Å². The molecule has 3 atom stereocenters. The summed E-state index contributed by atoms with van der Waals surface area (Å²) in [6, 6.07) is 8.09. The molecular weight excluding hydrogens is 502 g/mol. The molecule has 0 spiro atoms. The van der Waals surface area contributed by atoms with Gasteiger partial charge in [-0.25, -0.2) is 8.42 Å². The number of hydrogen-bond acceptors (Lipinski definition) is 6. The number of nitrogens with one attached hydrogen (secondary N) is 1. The molecular formula is C29H37N3O5S. The zero-order chi connectivity index (χ0) is 27.1. The van der Waals surface area contributed by atoms with Gasteiger partial charge in [0.1, 0.15) is 16.7 Å². The number of nitrogens with zero attached hydrogens (tertiary/aromatic N) is 2. The van der Waals surface area contributed by atoms with Crippen LogP contribution in [-0.2, 0) is 14.8 Å². The number of carbonyl (C=O) groups is 1. The van der Waals surface area contributed by atoms with E-state index in [-0.39, 0.29) is 41.7 Å². The van der Waals surface area contributed by atoms with Crippen LogP contribution in [0.3, 0.4) is 0 Å². The Morgan fingerprint density at radius 2 is 1.97 bits per heavy atom. The third-order valence-corrected chi connectivity index (χ3v) is 9.33. The van der Waals surface area contributed by atoms with Crippen molar-refractivity contribution >= 4 is 15.9 Å². The second kappa shape index (κ2) is 12.7. The number of ether oxygens (including phenoxy) is 1. The van der Waals surface area contributed by atoms with Crippen molar-refractivity contribution in [3.8, 4) is 17.6 Å². The Morgan fingerprint density at radius 3 is 2.68 bits per heavy atom. The summed E-state index contributed by atoms with van der Waals surface area (Å²) in [6.07, 6.45) is 9.23. The van der Waals surface area contributed by atoms with Crippen LogP contribution in [0, 0.1) is 17.8 Å². The maximum Gasteiger partial charge on any atom is 0.247 e. The molecule has 9 heteroatoms. The highest BCUT2D eigenvalue weighted by Gasteiger charge is 2.38. The summed E-state index contributed by atoms with van der Waals surface area (Å²) in [5.74, 6) is 6.10. The highest BCUT2D eigenvalue weighted by atomic mass is 32.2. The van der Waals surface area contributed by atoms with Crippen LogP contribution in [0.15, 0.2) is 47.6 Å². The molecule has 2 heterocycles. The fraction of sp³-hybridized carbons (Fsp3) is 0.517. The molecule has 4 rings (SSSR count). The summed E-state index contributed by atoms with van der Waals surface area (Å²) in [6.45, 7) is 3.49. The Balaban J connectivity index is 1.60. The van der Waals surface area contributed by atoms with Gasteiger partial charge >= 0.3 is 0 Å². The van der Waals surface area contributed by atoms with Crippen LogP contribution in [-0.4, -0.2) is 60.1 Å². The van der Waals surface area contributed by atoms with Gasteiger partial charge in [0.15, 0.2) is 0 Å². The smallest absolute Gasteiger partial charge is 0.247 e. The Bertz CT molecular complexity index is 1270. The number of aliphatic hydroxyl groups is 1. The normalized spacial score (nSPS) is 22.5. The number of sulfonamides is 1. The van der Waals surface area contributed by atoms with Crippen molar-refractivity contribution in [3.05, 3.63) is 53.9 Å². The van der Waals surface area contributed by atoms with Crippen LogP contribution < -0.4 is 10.1 Å². The molecule has 0 unspecified atom stereocenters. The third-order valence-electron chi connectivity index (χ3n) is 7.31. The Labute approximate surface area is 225 Å². The number of hydrogen-bond donors (Lipinski definition) is 2. The fourth-order valence-electron chi connectivity index (χ4n) is 5.05. The monoisotopic (exact) mass is 539 g/mol.